The first kappa shape index (κ1) is 15.5. The fourth-order valence-corrected chi connectivity index (χ4v) is 3.74. The molecule has 0 aromatic carbocycles. The molecule has 4 rings (SSSR count). The van der Waals surface area contributed by atoms with Crippen molar-refractivity contribution in [2.75, 3.05) is 25.0 Å². The number of rotatable bonds is 3. The second-order valence-electron chi connectivity index (χ2n) is 6.94. The molecule has 1 aliphatic carbocycles. The molecule has 2 aliphatic heterocycles. The lowest BCUT2D eigenvalue weighted by molar-refractivity contribution is -0.148. The van der Waals surface area contributed by atoms with E-state index >= 15 is 0 Å². The summed E-state index contributed by atoms with van der Waals surface area (Å²) < 4.78 is 19.9. The highest BCUT2D eigenvalue weighted by Gasteiger charge is 2.58. The molecule has 6 nitrogen and oxygen atoms in total. The van der Waals surface area contributed by atoms with Gasteiger partial charge in [-0.05, 0) is 37.8 Å². The Hall–Kier alpha value is -2.02. The van der Waals surface area contributed by atoms with Crippen molar-refractivity contribution in [3.05, 3.63) is 24.5 Å². The number of hydrogen-bond acceptors (Lipinski definition) is 4. The van der Waals surface area contributed by atoms with Gasteiger partial charge in [0.05, 0.1) is 23.4 Å². The van der Waals surface area contributed by atoms with E-state index in [1.165, 1.54) is 4.90 Å². The van der Waals surface area contributed by atoms with Crippen molar-refractivity contribution < 1.29 is 18.7 Å². The van der Waals surface area contributed by atoms with Crippen molar-refractivity contribution in [1.29, 1.82) is 0 Å². The molecule has 1 aromatic heterocycles. The third-order valence-corrected chi connectivity index (χ3v) is 5.35. The number of carbonyl (C=O) groups excluding carboxylic acids is 2. The van der Waals surface area contributed by atoms with E-state index in [0.717, 1.165) is 0 Å². The average molecular weight is 333 g/mol. The molecule has 0 radical (unpaired) electrons. The van der Waals surface area contributed by atoms with Crippen LogP contribution in [0.25, 0.3) is 0 Å². The van der Waals surface area contributed by atoms with Gasteiger partial charge in [0.15, 0.2) is 5.67 Å². The first-order valence-electron chi connectivity index (χ1n) is 8.35. The fraction of sp³-hybridized carbons (Fsp3) is 0.588. The van der Waals surface area contributed by atoms with Crippen molar-refractivity contribution in [2.45, 2.75) is 37.5 Å². The standard InChI is InChI=1S/C17H20FN3O3/c18-17(4-5-17)15(23)21-8-3-13-16(11-21,6-9-24-13)14(22)20-12-2-1-7-19-10-12/h1-2,7,10,13H,3-6,8-9,11H2,(H,20,22)/t13-,16-/m1/s1. The van der Waals surface area contributed by atoms with Crippen LogP contribution in [0.15, 0.2) is 24.5 Å². The molecule has 1 aromatic rings. The van der Waals surface area contributed by atoms with Crippen LogP contribution in [0, 0.1) is 5.41 Å². The number of halogens is 1. The molecule has 2 amide bonds. The van der Waals surface area contributed by atoms with Crippen molar-refractivity contribution in [2.24, 2.45) is 5.41 Å². The maximum Gasteiger partial charge on any atom is 0.260 e. The van der Waals surface area contributed by atoms with E-state index in [1.807, 2.05) is 0 Å². The number of aromatic nitrogens is 1. The normalized spacial score (nSPS) is 30.5. The van der Waals surface area contributed by atoms with Crippen LogP contribution in [0.5, 0.6) is 0 Å². The van der Waals surface area contributed by atoms with Crippen molar-refractivity contribution >= 4 is 17.5 Å². The molecule has 3 heterocycles. The predicted molar refractivity (Wildman–Crippen MR) is 83.9 cm³/mol. The molecule has 0 spiro atoms. The van der Waals surface area contributed by atoms with Crippen molar-refractivity contribution in [3.8, 4) is 0 Å². The van der Waals surface area contributed by atoms with E-state index in [1.54, 1.807) is 24.5 Å². The van der Waals surface area contributed by atoms with Crippen molar-refractivity contribution in [1.82, 2.24) is 9.88 Å². The number of carbonyl (C=O) groups is 2. The van der Waals surface area contributed by atoms with Gasteiger partial charge in [0, 0.05) is 25.9 Å². The SMILES string of the molecule is O=C(N1CC[C@H]2OCC[C@@]2(C(=O)Nc2cccnc2)C1)C1(F)CC1. The Kier molecular flexibility index (Phi) is 3.56. The highest BCUT2D eigenvalue weighted by Crippen LogP contribution is 2.46. The van der Waals surface area contributed by atoms with Gasteiger partial charge in [-0.15, -0.1) is 0 Å². The first-order chi connectivity index (χ1) is 11.5. The van der Waals surface area contributed by atoms with Crippen molar-refractivity contribution in [3.63, 3.8) is 0 Å². The van der Waals surface area contributed by atoms with Crippen LogP contribution >= 0.6 is 0 Å². The number of likely N-dealkylation sites (tertiary alicyclic amines) is 1. The van der Waals surface area contributed by atoms with Crippen LogP contribution < -0.4 is 5.32 Å². The van der Waals surface area contributed by atoms with E-state index in [2.05, 4.69) is 10.3 Å². The molecule has 2 atom stereocenters. The summed E-state index contributed by atoms with van der Waals surface area (Å²) in [6, 6.07) is 3.51. The number of pyridine rings is 1. The lowest BCUT2D eigenvalue weighted by Gasteiger charge is -2.42. The number of anilines is 1. The Morgan fingerprint density at radius 1 is 1.38 bits per heavy atom. The molecule has 3 aliphatic rings. The average Bonchev–Trinajstić information content (AvgIpc) is 3.20. The molecule has 0 bridgehead atoms. The molecular formula is C17H20FN3O3. The summed E-state index contributed by atoms with van der Waals surface area (Å²) in [4.78, 5) is 30.8. The summed E-state index contributed by atoms with van der Waals surface area (Å²) in [5, 5.41) is 2.87. The number of nitrogens with one attached hydrogen (secondary N) is 1. The molecule has 2 saturated heterocycles. The summed E-state index contributed by atoms with van der Waals surface area (Å²) in [7, 11) is 0. The minimum absolute atomic E-state index is 0.181. The summed E-state index contributed by atoms with van der Waals surface area (Å²) in [5.74, 6) is -0.652. The number of amides is 2. The zero-order valence-corrected chi connectivity index (χ0v) is 13.3. The first-order valence-corrected chi connectivity index (χ1v) is 8.35. The zero-order valence-electron chi connectivity index (χ0n) is 13.3. The lowest BCUT2D eigenvalue weighted by atomic mass is 9.75. The summed E-state index contributed by atoms with van der Waals surface area (Å²) in [6.45, 7) is 1.14. The highest BCUT2D eigenvalue weighted by molar-refractivity contribution is 5.97. The molecule has 1 N–H and O–H groups in total. The lowest BCUT2D eigenvalue weighted by Crippen LogP contribution is -2.58. The topological polar surface area (TPSA) is 71.5 Å². The molecular weight excluding hydrogens is 313 g/mol. The number of alkyl halides is 1. The van der Waals surface area contributed by atoms with Crippen LogP contribution in [0.3, 0.4) is 0 Å². The van der Waals surface area contributed by atoms with E-state index in [0.29, 0.717) is 31.7 Å². The maximum absolute atomic E-state index is 14.2. The Morgan fingerprint density at radius 3 is 2.92 bits per heavy atom. The number of piperidine rings is 1. The molecule has 24 heavy (non-hydrogen) atoms. The molecule has 0 unspecified atom stereocenters. The van der Waals surface area contributed by atoms with Gasteiger partial charge in [0.2, 0.25) is 5.91 Å². The molecule has 1 saturated carbocycles. The van der Waals surface area contributed by atoms with Crippen LogP contribution in [-0.2, 0) is 14.3 Å². The third kappa shape index (κ3) is 2.47. The molecule has 128 valence electrons. The largest absolute Gasteiger partial charge is 0.377 e. The second-order valence-corrected chi connectivity index (χ2v) is 6.94. The van der Waals surface area contributed by atoms with E-state index in [9.17, 15) is 14.0 Å². The quantitative estimate of drug-likeness (QED) is 0.911. The van der Waals surface area contributed by atoms with E-state index in [4.69, 9.17) is 4.74 Å². The Labute approximate surface area is 139 Å². The van der Waals surface area contributed by atoms with E-state index in [-0.39, 0.29) is 31.4 Å². The number of hydrogen-bond donors (Lipinski definition) is 1. The minimum atomic E-state index is -1.70. The van der Waals surface area contributed by atoms with E-state index < -0.39 is 17.0 Å². The summed E-state index contributed by atoms with van der Waals surface area (Å²) >= 11 is 0. The number of fused-ring (bicyclic) bond motifs is 1. The summed E-state index contributed by atoms with van der Waals surface area (Å²) in [6.07, 6.45) is 4.65. The van der Waals surface area contributed by atoms with Crippen LogP contribution in [0.4, 0.5) is 10.1 Å². The fourth-order valence-electron chi connectivity index (χ4n) is 3.74. The van der Waals surface area contributed by atoms with Crippen LogP contribution in [0.2, 0.25) is 0 Å². The Morgan fingerprint density at radius 2 is 2.21 bits per heavy atom. The number of ether oxygens (including phenoxy) is 1. The highest BCUT2D eigenvalue weighted by atomic mass is 19.1. The maximum atomic E-state index is 14.2. The summed E-state index contributed by atoms with van der Waals surface area (Å²) in [5.41, 5.74) is -1.90. The monoisotopic (exact) mass is 333 g/mol. The van der Waals surface area contributed by atoms with Gasteiger partial charge in [0.1, 0.15) is 0 Å². The van der Waals surface area contributed by atoms with Gasteiger partial charge >= 0.3 is 0 Å². The van der Waals surface area contributed by atoms with Gasteiger partial charge in [-0.2, -0.15) is 0 Å². The Bertz CT molecular complexity index is 664. The second kappa shape index (κ2) is 5.51. The zero-order chi connectivity index (χ0) is 16.8. The Balaban J connectivity index is 1.55. The molecule has 7 heteroatoms. The van der Waals surface area contributed by atoms with Gasteiger partial charge < -0.3 is 15.0 Å². The smallest absolute Gasteiger partial charge is 0.260 e. The number of nitrogens with zero attached hydrogens (tertiary/aromatic N) is 2. The molecule has 3 fully saturated rings. The predicted octanol–water partition coefficient (Wildman–Crippen LogP) is 1.53. The van der Waals surface area contributed by atoms with Crippen LogP contribution in [-0.4, -0.2) is 53.2 Å². The van der Waals surface area contributed by atoms with Gasteiger partial charge in [-0.25, -0.2) is 4.39 Å². The minimum Gasteiger partial charge on any atom is -0.377 e. The van der Waals surface area contributed by atoms with Gasteiger partial charge in [-0.3, -0.25) is 14.6 Å². The third-order valence-electron chi connectivity index (χ3n) is 5.35. The van der Waals surface area contributed by atoms with Gasteiger partial charge in [-0.1, -0.05) is 0 Å². The van der Waals surface area contributed by atoms with Crippen LogP contribution in [0.1, 0.15) is 25.7 Å². The van der Waals surface area contributed by atoms with Gasteiger partial charge in [0.25, 0.3) is 5.91 Å².